The zero-order valence-corrected chi connectivity index (χ0v) is 24.2. The molecule has 250 valence electrons. The third kappa shape index (κ3) is 6.61. The van der Waals surface area contributed by atoms with E-state index < -0.39 is 110 Å². The van der Waals surface area contributed by atoms with Crippen molar-refractivity contribution in [2.24, 2.45) is 34.6 Å². The van der Waals surface area contributed by atoms with Crippen LogP contribution in [0, 0.1) is 5.92 Å². The second kappa shape index (κ2) is 13.6. The van der Waals surface area contributed by atoms with Crippen molar-refractivity contribution >= 4 is 0 Å². The Morgan fingerprint density at radius 1 is 0.721 bits per heavy atom. The second-order valence-electron chi connectivity index (χ2n) is 12.7. The van der Waals surface area contributed by atoms with Gasteiger partial charge in [0, 0.05) is 24.5 Å². The number of nitrogens with two attached hydrogens (primary N) is 5. The van der Waals surface area contributed by atoms with Crippen LogP contribution in [0.15, 0.2) is 0 Å². The Balaban J connectivity index is 1.29. The quantitative estimate of drug-likeness (QED) is 0.114. The molecular formula is C26H49N5O12. The van der Waals surface area contributed by atoms with Crippen molar-refractivity contribution in [3.8, 4) is 0 Å². The normalized spacial score (nSPS) is 52.1. The molecule has 5 aliphatic rings. The Kier molecular flexibility index (Phi) is 10.6. The monoisotopic (exact) mass is 623 g/mol. The molecule has 4 saturated heterocycles. The van der Waals surface area contributed by atoms with E-state index in [9.17, 15) is 25.5 Å². The van der Waals surface area contributed by atoms with Crippen LogP contribution in [0.3, 0.4) is 0 Å². The van der Waals surface area contributed by atoms with Crippen LogP contribution in [-0.4, -0.2) is 155 Å². The van der Waals surface area contributed by atoms with Gasteiger partial charge in [-0.1, -0.05) is 6.92 Å². The lowest BCUT2D eigenvalue weighted by atomic mass is 9.84. The van der Waals surface area contributed by atoms with Crippen LogP contribution in [0.4, 0.5) is 0 Å². The highest BCUT2D eigenvalue weighted by molar-refractivity contribution is 5.03. The molecular weight excluding hydrogens is 574 g/mol. The molecule has 5 rings (SSSR count). The van der Waals surface area contributed by atoms with E-state index in [0.717, 1.165) is 0 Å². The van der Waals surface area contributed by atoms with Gasteiger partial charge in [-0.25, -0.2) is 0 Å². The molecule has 43 heavy (non-hydrogen) atoms. The maximum absolute atomic E-state index is 11.2. The first-order chi connectivity index (χ1) is 20.4. The minimum Gasteiger partial charge on any atom is -0.394 e. The molecule has 0 aromatic rings. The van der Waals surface area contributed by atoms with Crippen LogP contribution in [0.5, 0.6) is 0 Å². The Morgan fingerprint density at radius 2 is 1.37 bits per heavy atom. The van der Waals surface area contributed by atoms with Gasteiger partial charge in [0.05, 0.1) is 49.7 Å². The highest BCUT2D eigenvalue weighted by Crippen LogP contribution is 2.36. The summed E-state index contributed by atoms with van der Waals surface area (Å²) in [4.78, 5) is 0. The number of aliphatic hydroxyl groups is 5. The fourth-order valence-electron chi connectivity index (χ4n) is 6.51. The molecule has 15 N–H and O–H groups in total. The molecule has 0 amide bonds. The van der Waals surface area contributed by atoms with Crippen molar-refractivity contribution in [3.05, 3.63) is 0 Å². The molecule has 1 aliphatic carbocycles. The van der Waals surface area contributed by atoms with E-state index in [2.05, 4.69) is 0 Å². The Bertz CT molecular complexity index is 922. The number of hydrogen-bond acceptors (Lipinski definition) is 17. The van der Waals surface area contributed by atoms with Crippen molar-refractivity contribution in [2.45, 2.75) is 130 Å². The summed E-state index contributed by atoms with van der Waals surface area (Å²) in [5, 5.41) is 53.0. The van der Waals surface area contributed by atoms with Crippen LogP contribution in [-0.2, 0) is 33.2 Å². The van der Waals surface area contributed by atoms with Crippen LogP contribution in [0.2, 0.25) is 0 Å². The van der Waals surface area contributed by atoms with E-state index in [0.29, 0.717) is 26.1 Å². The number of ether oxygens (including phenoxy) is 7. The lowest BCUT2D eigenvalue weighted by molar-refractivity contribution is -0.300. The highest BCUT2D eigenvalue weighted by Gasteiger charge is 2.54. The molecule has 4 heterocycles. The molecule has 0 bridgehead atoms. The van der Waals surface area contributed by atoms with E-state index in [1.807, 2.05) is 0 Å². The van der Waals surface area contributed by atoms with E-state index in [4.69, 9.17) is 61.8 Å². The van der Waals surface area contributed by atoms with Crippen molar-refractivity contribution in [3.63, 3.8) is 0 Å². The number of aliphatic hydroxyl groups excluding tert-OH is 5. The van der Waals surface area contributed by atoms with Crippen molar-refractivity contribution in [1.29, 1.82) is 0 Å². The summed E-state index contributed by atoms with van der Waals surface area (Å²) in [5.41, 5.74) is 30.4. The smallest absolute Gasteiger partial charge is 0.187 e. The molecule has 0 aromatic carbocycles. The summed E-state index contributed by atoms with van der Waals surface area (Å²) < 4.78 is 41.4. The summed E-state index contributed by atoms with van der Waals surface area (Å²) in [7, 11) is 0. The third-order valence-corrected chi connectivity index (χ3v) is 9.44. The minimum atomic E-state index is -1.48. The number of hydrogen-bond donors (Lipinski definition) is 10. The molecule has 0 spiro atoms. The lowest BCUT2D eigenvalue weighted by Crippen LogP contribution is -2.69. The first kappa shape index (κ1) is 33.7. The molecule has 5 fully saturated rings. The zero-order valence-electron chi connectivity index (χ0n) is 24.2. The summed E-state index contributed by atoms with van der Waals surface area (Å²) in [6.07, 6.45) is -12.8. The van der Waals surface area contributed by atoms with Gasteiger partial charge in [0.25, 0.3) is 0 Å². The first-order valence-corrected chi connectivity index (χ1v) is 15.0. The minimum absolute atomic E-state index is 0.0830. The molecule has 1 unspecified atom stereocenters. The Labute approximate surface area is 249 Å². The van der Waals surface area contributed by atoms with Crippen LogP contribution >= 0.6 is 0 Å². The predicted molar refractivity (Wildman–Crippen MR) is 145 cm³/mol. The molecule has 0 radical (unpaired) electrons. The molecule has 17 atom stereocenters. The molecule has 0 aromatic heterocycles. The van der Waals surface area contributed by atoms with Crippen molar-refractivity contribution in [2.75, 3.05) is 26.4 Å². The lowest BCUT2D eigenvalue weighted by Gasteiger charge is -2.49. The van der Waals surface area contributed by atoms with Gasteiger partial charge in [-0.3, -0.25) is 0 Å². The Morgan fingerprint density at radius 3 is 2.00 bits per heavy atom. The fraction of sp³-hybridized carbons (Fsp3) is 1.00. The van der Waals surface area contributed by atoms with Crippen molar-refractivity contribution < 1.29 is 58.7 Å². The maximum atomic E-state index is 11.2. The molecule has 17 heteroatoms. The Hall–Kier alpha value is -0.680. The summed E-state index contributed by atoms with van der Waals surface area (Å²) in [6.45, 7) is 1.67. The molecule has 4 aliphatic heterocycles. The van der Waals surface area contributed by atoms with E-state index >= 15 is 0 Å². The second-order valence-corrected chi connectivity index (χ2v) is 12.7. The maximum Gasteiger partial charge on any atom is 0.187 e. The fourth-order valence-corrected chi connectivity index (χ4v) is 6.51. The van der Waals surface area contributed by atoms with Crippen molar-refractivity contribution in [1.82, 2.24) is 0 Å². The van der Waals surface area contributed by atoms with E-state index in [1.54, 1.807) is 6.92 Å². The van der Waals surface area contributed by atoms with Gasteiger partial charge in [-0.05, 0) is 19.3 Å². The average Bonchev–Trinajstić information content (AvgIpc) is 3.26. The highest BCUT2D eigenvalue weighted by atomic mass is 16.8. The molecule has 1 saturated carbocycles. The summed E-state index contributed by atoms with van der Waals surface area (Å²) in [5.74, 6) is -0.707. The van der Waals surface area contributed by atoms with Crippen LogP contribution < -0.4 is 28.7 Å². The van der Waals surface area contributed by atoms with Crippen LogP contribution in [0.1, 0.15) is 26.2 Å². The summed E-state index contributed by atoms with van der Waals surface area (Å²) in [6, 6.07) is -1.98. The topological polar surface area (TPSA) is 296 Å². The zero-order chi connectivity index (χ0) is 31.2. The van der Waals surface area contributed by atoms with Gasteiger partial charge < -0.3 is 87.4 Å². The van der Waals surface area contributed by atoms with Gasteiger partial charge in [0.15, 0.2) is 18.9 Å². The van der Waals surface area contributed by atoms with Gasteiger partial charge in [-0.2, -0.15) is 0 Å². The third-order valence-electron chi connectivity index (χ3n) is 9.44. The van der Waals surface area contributed by atoms with Gasteiger partial charge >= 0.3 is 0 Å². The van der Waals surface area contributed by atoms with E-state index in [-0.39, 0.29) is 19.1 Å². The first-order valence-electron chi connectivity index (χ1n) is 15.0. The summed E-state index contributed by atoms with van der Waals surface area (Å²) >= 11 is 0. The largest absolute Gasteiger partial charge is 0.394 e. The van der Waals surface area contributed by atoms with Gasteiger partial charge in [-0.15, -0.1) is 0 Å². The predicted octanol–water partition coefficient (Wildman–Crippen LogP) is -5.76. The van der Waals surface area contributed by atoms with Crippen LogP contribution in [0.25, 0.3) is 0 Å². The van der Waals surface area contributed by atoms with Gasteiger partial charge in [0.2, 0.25) is 0 Å². The standard InChI is InChI=1S/C26H49N5O12/c1-9-16(33)18(35)13(5-27)38-23(9)42-21-14(6-32)39-25(19(21)36)43-22-17(34)11(29)4-12(30)20(22)41-24-10(28)2-3-15(40-24)26(31)7-37-8-26/h9-25,32-36H,2-8,27-31H2,1H3/t9-,10-,11-,12+,13+,14-,15+,16-,17+,18-,19-,20-,21-,22-,23?,24-,25+/m1/s1. The van der Waals surface area contributed by atoms with E-state index in [1.165, 1.54) is 0 Å². The molecule has 17 nitrogen and oxygen atoms in total. The average molecular weight is 624 g/mol. The SMILES string of the molecule is C[C@H]1C(O[C@H]2[C@@H](O)[C@H](O[C@@H]3[C@@H](O)[C@H](N)C[C@H](N)[C@H]3O[C@H]3O[C@H](C4(N)COC4)CC[C@H]3N)O[C@@H]2CO)O[C@@H](CN)[C@@H](O)[C@@H]1O. The van der Waals surface area contributed by atoms with Gasteiger partial charge in [0.1, 0.15) is 42.7 Å². The number of rotatable bonds is 9.